The van der Waals surface area contributed by atoms with E-state index in [0.717, 1.165) is 5.56 Å². The fraction of sp³-hybridized carbons (Fsp3) is 0.438. The van der Waals surface area contributed by atoms with Crippen molar-refractivity contribution in [3.05, 3.63) is 41.5 Å². The number of nitrogens with one attached hydrogen (secondary N) is 1. The summed E-state index contributed by atoms with van der Waals surface area (Å²) in [5.74, 6) is 0.117. The van der Waals surface area contributed by atoms with Gasteiger partial charge in [0.1, 0.15) is 11.6 Å². The number of anilines is 1. The molecule has 1 aromatic heterocycles. The molecule has 0 amide bonds. The minimum atomic E-state index is -0.272. The van der Waals surface area contributed by atoms with Gasteiger partial charge in [0.05, 0.1) is 13.5 Å². The van der Waals surface area contributed by atoms with Gasteiger partial charge in [0.15, 0.2) is 0 Å². The van der Waals surface area contributed by atoms with Crippen molar-refractivity contribution in [2.24, 2.45) is 0 Å². The second-order valence-corrected chi connectivity index (χ2v) is 6.59. The maximum atomic E-state index is 13.0. The number of esters is 1. The van der Waals surface area contributed by atoms with Crippen LogP contribution in [0.2, 0.25) is 0 Å². The number of benzene rings is 1. The number of nitrogens with zero attached hydrogens (tertiary/aromatic N) is 2. The fourth-order valence-electron chi connectivity index (χ4n) is 2.04. The van der Waals surface area contributed by atoms with E-state index in [4.69, 9.17) is 0 Å². The molecule has 0 bridgehead atoms. The Hall–Kier alpha value is -2.02. The summed E-state index contributed by atoms with van der Waals surface area (Å²) in [6.45, 7) is 4.79. The van der Waals surface area contributed by atoms with Crippen molar-refractivity contribution in [1.29, 1.82) is 0 Å². The highest BCUT2D eigenvalue weighted by molar-refractivity contribution is 7.09. The number of ether oxygens (including phenoxy) is 1. The number of aryl methyl sites for hydroxylation is 1. The van der Waals surface area contributed by atoms with Gasteiger partial charge in [-0.2, -0.15) is 4.37 Å². The first-order chi connectivity index (χ1) is 10.9. The van der Waals surface area contributed by atoms with Crippen LogP contribution in [-0.4, -0.2) is 29.0 Å². The standard InChI is InChI=1S/C16H20FN3O2S/c1-16(2,11-4-6-12(17)7-5-11)10-18-15-19-13(20-23-15)8-9-14(21)22-3/h4-7H,8-10H2,1-3H3,(H,18,19,20). The van der Waals surface area contributed by atoms with Crippen LogP contribution in [0, 0.1) is 5.82 Å². The third-order valence-electron chi connectivity index (χ3n) is 3.56. The summed E-state index contributed by atoms with van der Waals surface area (Å²) in [5.41, 5.74) is 0.868. The first-order valence-electron chi connectivity index (χ1n) is 7.30. The van der Waals surface area contributed by atoms with Crippen molar-refractivity contribution in [2.45, 2.75) is 32.1 Å². The average Bonchev–Trinajstić information content (AvgIpc) is 2.99. The van der Waals surface area contributed by atoms with E-state index in [1.165, 1.54) is 30.8 Å². The molecule has 7 heteroatoms. The molecule has 1 heterocycles. The summed E-state index contributed by atoms with van der Waals surface area (Å²) in [4.78, 5) is 15.5. The first kappa shape index (κ1) is 17.3. The van der Waals surface area contributed by atoms with Crippen LogP contribution in [0.25, 0.3) is 0 Å². The third kappa shape index (κ3) is 4.99. The van der Waals surface area contributed by atoms with Crippen LogP contribution in [0.1, 0.15) is 31.7 Å². The second-order valence-electron chi connectivity index (χ2n) is 5.84. The van der Waals surface area contributed by atoms with E-state index in [0.29, 0.717) is 23.9 Å². The van der Waals surface area contributed by atoms with E-state index in [1.807, 2.05) is 0 Å². The molecule has 0 aliphatic carbocycles. The zero-order valence-corrected chi connectivity index (χ0v) is 14.2. The number of carbonyl (C=O) groups is 1. The van der Waals surface area contributed by atoms with E-state index in [-0.39, 0.29) is 23.6 Å². The van der Waals surface area contributed by atoms with E-state index in [2.05, 4.69) is 33.3 Å². The lowest BCUT2D eigenvalue weighted by molar-refractivity contribution is -0.140. The molecule has 0 saturated heterocycles. The molecule has 1 aromatic carbocycles. The number of methoxy groups -OCH3 is 1. The molecule has 2 rings (SSSR count). The van der Waals surface area contributed by atoms with Crippen molar-refractivity contribution in [2.75, 3.05) is 19.0 Å². The van der Waals surface area contributed by atoms with Crippen LogP contribution in [0.15, 0.2) is 24.3 Å². The molecule has 0 fully saturated rings. The van der Waals surface area contributed by atoms with Gasteiger partial charge < -0.3 is 10.1 Å². The summed E-state index contributed by atoms with van der Waals surface area (Å²) in [7, 11) is 1.36. The molecular formula is C16H20FN3O2S. The van der Waals surface area contributed by atoms with Crippen LogP contribution in [-0.2, 0) is 21.4 Å². The number of rotatable bonds is 7. The number of aromatic nitrogens is 2. The molecular weight excluding hydrogens is 317 g/mol. The topological polar surface area (TPSA) is 64.1 Å². The highest BCUT2D eigenvalue weighted by Gasteiger charge is 2.21. The number of hydrogen-bond acceptors (Lipinski definition) is 6. The van der Waals surface area contributed by atoms with Crippen LogP contribution >= 0.6 is 11.5 Å². The smallest absolute Gasteiger partial charge is 0.305 e. The molecule has 0 aliphatic heterocycles. The number of hydrogen-bond donors (Lipinski definition) is 1. The summed E-state index contributed by atoms with van der Waals surface area (Å²) in [6.07, 6.45) is 0.736. The number of halogens is 1. The molecule has 0 atom stereocenters. The molecule has 2 aromatic rings. The predicted octanol–water partition coefficient (Wildman–Crippen LogP) is 3.17. The molecule has 23 heavy (non-hydrogen) atoms. The SMILES string of the molecule is COC(=O)CCc1nsc(NCC(C)(C)c2ccc(F)cc2)n1. The van der Waals surface area contributed by atoms with Gasteiger partial charge in [-0.1, -0.05) is 26.0 Å². The van der Waals surface area contributed by atoms with Gasteiger partial charge in [-0.3, -0.25) is 4.79 Å². The van der Waals surface area contributed by atoms with Crippen molar-refractivity contribution in [3.8, 4) is 0 Å². The molecule has 124 valence electrons. The van der Waals surface area contributed by atoms with Crippen molar-refractivity contribution in [1.82, 2.24) is 9.36 Å². The van der Waals surface area contributed by atoms with Crippen molar-refractivity contribution in [3.63, 3.8) is 0 Å². The summed E-state index contributed by atoms with van der Waals surface area (Å²) in [5, 5.41) is 3.96. The normalized spacial score (nSPS) is 11.3. The van der Waals surface area contributed by atoms with Gasteiger partial charge >= 0.3 is 5.97 Å². The summed E-state index contributed by atoms with van der Waals surface area (Å²) >= 11 is 1.26. The Bertz CT molecular complexity index is 656. The lowest BCUT2D eigenvalue weighted by Crippen LogP contribution is -2.27. The maximum absolute atomic E-state index is 13.0. The largest absolute Gasteiger partial charge is 0.469 e. The zero-order chi connectivity index (χ0) is 16.9. The van der Waals surface area contributed by atoms with Gasteiger partial charge in [0, 0.05) is 29.9 Å². The van der Waals surface area contributed by atoms with Gasteiger partial charge in [-0.25, -0.2) is 9.37 Å². The molecule has 5 nitrogen and oxygen atoms in total. The van der Waals surface area contributed by atoms with Crippen LogP contribution in [0.5, 0.6) is 0 Å². The lowest BCUT2D eigenvalue weighted by Gasteiger charge is -2.25. The van der Waals surface area contributed by atoms with Gasteiger partial charge in [0.25, 0.3) is 0 Å². The third-order valence-corrected chi connectivity index (χ3v) is 4.27. The highest BCUT2D eigenvalue weighted by Crippen LogP contribution is 2.24. The minimum Gasteiger partial charge on any atom is -0.469 e. The van der Waals surface area contributed by atoms with Crippen LogP contribution < -0.4 is 5.32 Å². The minimum absolute atomic E-state index is 0.175. The lowest BCUT2D eigenvalue weighted by atomic mass is 9.85. The predicted molar refractivity (Wildman–Crippen MR) is 88.2 cm³/mol. The van der Waals surface area contributed by atoms with Crippen molar-refractivity contribution < 1.29 is 13.9 Å². The molecule has 1 N–H and O–H groups in total. The van der Waals surface area contributed by atoms with E-state index >= 15 is 0 Å². The monoisotopic (exact) mass is 337 g/mol. The molecule has 0 radical (unpaired) electrons. The Labute approximate surface area is 139 Å². The average molecular weight is 337 g/mol. The highest BCUT2D eigenvalue weighted by atomic mass is 32.1. The zero-order valence-electron chi connectivity index (χ0n) is 13.4. The molecule has 0 spiro atoms. The summed E-state index contributed by atoms with van der Waals surface area (Å²) < 4.78 is 21.8. The van der Waals surface area contributed by atoms with Gasteiger partial charge in [0.2, 0.25) is 5.13 Å². The van der Waals surface area contributed by atoms with Crippen LogP contribution in [0.3, 0.4) is 0 Å². The van der Waals surface area contributed by atoms with E-state index in [9.17, 15) is 9.18 Å². The Morgan fingerprint density at radius 3 is 2.70 bits per heavy atom. The van der Waals surface area contributed by atoms with Crippen LogP contribution in [0.4, 0.5) is 9.52 Å². The van der Waals surface area contributed by atoms with Gasteiger partial charge in [-0.15, -0.1) is 0 Å². The Balaban J connectivity index is 1.91. The second kappa shape index (κ2) is 7.50. The Morgan fingerprint density at radius 1 is 1.35 bits per heavy atom. The maximum Gasteiger partial charge on any atom is 0.305 e. The quantitative estimate of drug-likeness (QED) is 0.786. The Kier molecular flexibility index (Phi) is 5.65. The molecule has 0 saturated carbocycles. The molecule has 0 aliphatic rings. The molecule has 0 unspecified atom stereocenters. The van der Waals surface area contributed by atoms with E-state index in [1.54, 1.807) is 12.1 Å². The fourth-order valence-corrected chi connectivity index (χ4v) is 2.65. The van der Waals surface area contributed by atoms with E-state index < -0.39 is 0 Å². The Morgan fingerprint density at radius 2 is 2.04 bits per heavy atom. The first-order valence-corrected chi connectivity index (χ1v) is 8.07. The summed E-state index contributed by atoms with van der Waals surface area (Å²) in [6, 6.07) is 6.51. The van der Waals surface area contributed by atoms with Crippen molar-refractivity contribution >= 4 is 22.6 Å². The van der Waals surface area contributed by atoms with Gasteiger partial charge in [-0.05, 0) is 17.7 Å². The number of carbonyl (C=O) groups excluding carboxylic acids is 1.